The minimum Gasteiger partial charge on any atom is -0.459 e. The minimum absolute atomic E-state index is 0.0627. The molecule has 0 unspecified atom stereocenters. The highest BCUT2D eigenvalue weighted by atomic mass is 35.5. The summed E-state index contributed by atoms with van der Waals surface area (Å²) in [5.41, 5.74) is 1.98. The Labute approximate surface area is 227 Å². The number of fused-ring (bicyclic) bond motifs is 1. The van der Waals surface area contributed by atoms with Crippen molar-refractivity contribution < 1.29 is 24.0 Å². The number of nitrogens with zero attached hydrogens (tertiary/aromatic N) is 2. The molecule has 0 aromatic heterocycles. The number of nitro groups is 1. The van der Waals surface area contributed by atoms with E-state index < -0.39 is 27.1 Å². The molecule has 38 heavy (non-hydrogen) atoms. The summed E-state index contributed by atoms with van der Waals surface area (Å²) in [6.45, 7) is -0.0183. The number of nitrogens with one attached hydrogen (secondary N) is 1. The Balaban J connectivity index is 1.33. The van der Waals surface area contributed by atoms with E-state index in [-0.39, 0.29) is 37.1 Å². The molecular formula is C27H22ClN3O6S. The van der Waals surface area contributed by atoms with Crippen molar-refractivity contribution >= 4 is 46.8 Å². The number of carbonyl (C=O) groups is 3. The van der Waals surface area contributed by atoms with Crippen LogP contribution < -0.4 is 5.32 Å². The number of hydrogen-bond donors (Lipinski definition) is 1. The molecule has 2 amide bonds. The van der Waals surface area contributed by atoms with E-state index in [9.17, 15) is 24.5 Å². The van der Waals surface area contributed by atoms with Crippen molar-refractivity contribution in [2.45, 2.75) is 29.2 Å². The van der Waals surface area contributed by atoms with Gasteiger partial charge in [-0.3, -0.25) is 24.5 Å². The summed E-state index contributed by atoms with van der Waals surface area (Å²) in [7, 11) is 0. The molecule has 0 saturated carbocycles. The van der Waals surface area contributed by atoms with Gasteiger partial charge in [0, 0.05) is 17.2 Å². The number of benzene rings is 3. The zero-order valence-electron chi connectivity index (χ0n) is 19.9. The van der Waals surface area contributed by atoms with Gasteiger partial charge in [0.05, 0.1) is 17.9 Å². The quantitative estimate of drug-likeness (QED) is 0.195. The summed E-state index contributed by atoms with van der Waals surface area (Å²) in [5, 5.41) is 13.8. The number of ether oxygens (including phenoxy) is 1. The molecule has 0 radical (unpaired) electrons. The van der Waals surface area contributed by atoms with Crippen LogP contribution in [0.3, 0.4) is 0 Å². The minimum atomic E-state index is -1.23. The Bertz CT molecular complexity index is 1390. The van der Waals surface area contributed by atoms with Gasteiger partial charge in [-0.2, -0.15) is 0 Å². The molecule has 2 saturated heterocycles. The Morgan fingerprint density at radius 3 is 2.39 bits per heavy atom. The van der Waals surface area contributed by atoms with Crippen molar-refractivity contribution in [3.8, 4) is 0 Å². The number of esters is 1. The van der Waals surface area contributed by atoms with Crippen LogP contribution in [0.1, 0.15) is 16.7 Å². The van der Waals surface area contributed by atoms with Gasteiger partial charge in [-0.15, -0.1) is 11.8 Å². The molecule has 0 aliphatic carbocycles. The average molecular weight is 552 g/mol. The maximum atomic E-state index is 13.6. The predicted octanol–water partition coefficient (Wildman–Crippen LogP) is 3.83. The molecule has 2 aliphatic heterocycles. The van der Waals surface area contributed by atoms with E-state index in [1.165, 1.54) is 36.0 Å². The van der Waals surface area contributed by atoms with Crippen LogP contribution in [0, 0.1) is 10.1 Å². The molecule has 5 rings (SSSR count). The molecule has 2 heterocycles. The Kier molecular flexibility index (Phi) is 7.09. The number of halogens is 1. The largest absolute Gasteiger partial charge is 0.459 e. The maximum absolute atomic E-state index is 13.6. The zero-order chi connectivity index (χ0) is 26.9. The molecule has 2 fully saturated rings. The van der Waals surface area contributed by atoms with E-state index in [1.54, 1.807) is 29.2 Å². The van der Waals surface area contributed by atoms with Crippen molar-refractivity contribution in [1.29, 1.82) is 0 Å². The lowest BCUT2D eigenvalue weighted by atomic mass is 9.95. The van der Waals surface area contributed by atoms with Crippen LogP contribution in [0.2, 0.25) is 5.02 Å². The van der Waals surface area contributed by atoms with E-state index in [2.05, 4.69) is 5.32 Å². The SMILES string of the molecule is O=C(Cc1ccccc1)N[C@@H]1C(=O)N2C[C@@](C(=O)OCc3ccc([N+](=O)[O-])cc3)(c3ccc(Cl)cc3)S[C@H]12. The van der Waals surface area contributed by atoms with Crippen molar-refractivity contribution in [1.82, 2.24) is 10.2 Å². The molecule has 2 aliphatic rings. The highest BCUT2D eigenvalue weighted by Crippen LogP contribution is 2.53. The number of hydrogen-bond acceptors (Lipinski definition) is 7. The van der Waals surface area contributed by atoms with Gasteiger partial charge in [0.1, 0.15) is 18.0 Å². The first kappa shape index (κ1) is 25.7. The van der Waals surface area contributed by atoms with Gasteiger partial charge in [0.25, 0.3) is 5.69 Å². The second-order valence-corrected chi connectivity index (χ2v) is 10.9. The summed E-state index contributed by atoms with van der Waals surface area (Å²) >= 11 is 7.34. The third-order valence-corrected chi connectivity index (χ3v) is 8.49. The van der Waals surface area contributed by atoms with Gasteiger partial charge in [-0.25, -0.2) is 0 Å². The molecular weight excluding hydrogens is 530 g/mol. The van der Waals surface area contributed by atoms with Gasteiger partial charge >= 0.3 is 5.97 Å². The van der Waals surface area contributed by atoms with Crippen molar-refractivity contribution in [2.75, 3.05) is 6.54 Å². The number of rotatable bonds is 8. The Hall–Kier alpha value is -3.89. The van der Waals surface area contributed by atoms with Crippen LogP contribution in [0.25, 0.3) is 0 Å². The predicted molar refractivity (Wildman–Crippen MR) is 141 cm³/mol. The third-order valence-electron chi connectivity index (χ3n) is 6.54. The number of β-lactam (4-membered cyclic amide) rings is 1. The first-order valence-electron chi connectivity index (χ1n) is 11.7. The van der Waals surface area contributed by atoms with E-state index in [0.29, 0.717) is 16.1 Å². The van der Waals surface area contributed by atoms with Crippen LogP contribution in [-0.4, -0.2) is 45.6 Å². The summed E-state index contributed by atoms with van der Waals surface area (Å²) in [6.07, 6.45) is 0.140. The number of amides is 2. The van der Waals surface area contributed by atoms with Crippen molar-refractivity contribution in [2.24, 2.45) is 0 Å². The van der Waals surface area contributed by atoms with Gasteiger partial charge in [0.2, 0.25) is 11.8 Å². The standard InChI is InChI=1S/C27H22ClN3O6S/c28-20-10-8-19(9-11-20)27(26(34)37-15-18-6-12-21(13-7-18)31(35)36)16-30-24(33)23(25(30)38-27)29-22(32)14-17-4-2-1-3-5-17/h1-13,23,25H,14-16H2,(H,29,32)/t23-,25-,27+/m1/s1. The summed E-state index contributed by atoms with van der Waals surface area (Å²) in [6, 6.07) is 21.0. The van der Waals surface area contributed by atoms with E-state index in [4.69, 9.17) is 16.3 Å². The molecule has 1 N–H and O–H groups in total. The molecule has 11 heteroatoms. The summed E-state index contributed by atoms with van der Waals surface area (Å²) in [4.78, 5) is 51.2. The van der Waals surface area contributed by atoms with Crippen LogP contribution in [0.5, 0.6) is 0 Å². The topological polar surface area (TPSA) is 119 Å². The van der Waals surface area contributed by atoms with E-state index >= 15 is 0 Å². The van der Waals surface area contributed by atoms with Gasteiger partial charge < -0.3 is 15.0 Å². The summed E-state index contributed by atoms with van der Waals surface area (Å²) < 4.78 is 4.44. The first-order chi connectivity index (χ1) is 18.3. The Morgan fingerprint density at radius 1 is 1.05 bits per heavy atom. The molecule has 9 nitrogen and oxygen atoms in total. The fraction of sp³-hybridized carbons (Fsp3) is 0.222. The van der Waals surface area contributed by atoms with Gasteiger partial charge in [-0.1, -0.05) is 54.1 Å². The highest BCUT2D eigenvalue weighted by molar-refractivity contribution is 8.02. The molecule has 0 spiro atoms. The normalized spacial score (nSPS) is 21.8. The van der Waals surface area contributed by atoms with E-state index in [1.807, 2.05) is 30.3 Å². The van der Waals surface area contributed by atoms with Gasteiger partial charge in [-0.05, 0) is 41.0 Å². The van der Waals surface area contributed by atoms with Crippen LogP contribution >= 0.6 is 23.4 Å². The molecule has 3 aromatic carbocycles. The lowest BCUT2D eigenvalue weighted by Crippen LogP contribution is -2.67. The molecule has 3 aromatic rings. The molecule has 0 bridgehead atoms. The van der Waals surface area contributed by atoms with Crippen LogP contribution in [-0.2, 0) is 36.9 Å². The average Bonchev–Trinajstić information content (AvgIpc) is 3.29. The lowest BCUT2D eigenvalue weighted by molar-refractivity contribution is -0.384. The molecule has 3 atom stereocenters. The smallest absolute Gasteiger partial charge is 0.329 e. The Morgan fingerprint density at radius 2 is 1.74 bits per heavy atom. The fourth-order valence-corrected chi connectivity index (χ4v) is 6.34. The fourth-order valence-electron chi connectivity index (χ4n) is 4.53. The zero-order valence-corrected chi connectivity index (χ0v) is 21.5. The lowest BCUT2D eigenvalue weighted by Gasteiger charge is -2.41. The van der Waals surface area contributed by atoms with E-state index in [0.717, 1.165) is 5.56 Å². The first-order valence-corrected chi connectivity index (χ1v) is 13.0. The maximum Gasteiger partial charge on any atom is 0.329 e. The second kappa shape index (κ2) is 10.5. The number of carbonyl (C=O) groups excluding carboxylic acids is 3. The second-order valence-electron chi connectivity index (χ2n) is 9.02. The van der Waals surface area contributed by atoms with Gasteiger partial charge in [0.15, 0.2) is 4.75 Å². The highest BCUT2D eigenvalue weighted by Gasteiger charge is 2.63. The number of non-ortho nitro benzene ring substituents is 1. The third kappa shape index (κ3) is 4.97. The van der Waals surface area contributed by atoms with Crippen LogP contribution in [0.15, 0.2) is 78.9 Å². The molecule has 194 valence electrons. The van der Waals surface area contributed by atoms with Crippen LogP contribution in [0.4, 0.5) is 5.69 Å². The number of nitro benzene ring substituents is 1. The monoisotopic (exact) mass is 551 g/mol. The van der Waals surface area contributed by atoms with Crippen molar-refractivity contribution in [3.63, 3.8) is 0 Å². The summed E-state index contributed by atoms with van der Waals surface area (Å²) in [5.74, 6) is -1.10. The number of thioether (sulfide) groups is 1. The van der Waals surface area contributed by atoms with Crippen molar-refractivity contribution in [3.05, 3.63) is 111 Å².